The molecule has 1 amide bonds. The summed E-state index contributed by atoms with van der Waals surface area (Å²) >= 11 is 0. The Balaban J connectivity index is 2.68. The van der Waals surface area contributed by atoms with Gasteiger partial charge in [-0.1, -0.05) is 11.8 Å². The van der Waals surface area contributed by atoms with E-state index in [9.17, 15) is 9.18 Å². The Morgan fingerprint density at radius 1 is 1.48 bits per heavy atom. The van der Waals surface area contributed by atoms with Crippen molar-refractivity contribution in [1.29, 1.82) is 0 Å². The molecule has 0 aliphatic carbocycles. The number of rotatable bonds is 5. The molecule has 21 heavy (non-hydrogen) atoms. The first-order chi connectivity index (χ1) is 9.93. The second-order valence-corrected chi connectivity index (χ2v) is 5.12. The number of aliphatic hydroxyl groups excluding tert-OH is 1. The fraction of sp³-hybridized carbons (Fsp3) is 0.438. The van der Waals surface area contributed by atoms with Gasteiger partial charge in [-0.15, -0.1) is 0 Å². The largest absolute Gasteiger partial charge is 0.384 e. The highest BCUT2D eigenvalue weighted by Gasteiger charge is 2.12. The second-order valence-electron chi connectivity index (χ2n) is 5.12. The van der Waals surface area contributed by atoms with Crippen molar-refractivity contribution in [3.8, 4) is 11.8 Å². The van der Waals surface area contributed by atoms with Crippen LogP contribution in [0.2, 0.25) is 0 Å². The molecule has 0 aromatic heterocycles. The van der Waals surface area contributed by atoms with Gasteiger partial charge in [-0.25, -0.2) is 4.39 Å². The summed E-state index contributed by atoms with van der Waals surface area (Å²) in [7, 11) is 3.94. The summed E-state index contributed by atoms with van der Waals surface area (Å²) in [6.45, 7) is 2.45. The number of aliphatic hydroxyl groups is 1. The molecule has 1 aromatic carbocycles. The lowest BCUT2D eigenvalue weighted by atomic mass is 10.1. The van der Waals surface area contributed by atoms with Crippen LogP contribution >= 0.6 is 0 Å². The molecule has 0 saturated carbocycles. The summed E-state index contributed by atoms with van der Waals surface area (Å²) in [5.74, 6) is 3.99. The molecule has 114 valence electrons. The lowest BCUT2D eigenvalue weighted by molar-refractivity contribution is 0.0936. The number of benzene rings is 1. The van der Waals surface area contributed by atoms with Crippen LogP contribution in [0, 0.1) is 17.7 Å². The zero-order chi connectivity index (χ0) is 15.8. The Morgan fingerprint density at radius 3 is 2.76 bits per heavy atom. The molecule has 0 aliphatic heterocycles. The Kier molecular flexibility index (Phi) is 6.86. The smallest absolute Gasteiger partial charge is 0.251 e. The number of hydrogen-bond acceptors (Lipinski definition) is 3. The SMILES string of the molecule is CC(CCN(C)C)NC(=O)c1ccc(C#CCO)c(F)c1. The first-order valence-corrected chi connectivity index (χ1v) is 6.79. The molecule has 1 unspecified atom stereocenters. The lowest BCUT2D eigenvalue weighted by Crippen LogP contribution is -2.34. The van der Waals surface area contributed by atoms with E-state index < -0.39 is 5.82 Å². The van der Waals surface area contributed by atoms with Crippen molar-refractivity contribution in [3.63, 3.8) is 0 Å². The third kappa shape index (κ3) is 5.94. The van der Waals surface area contributed by atoms with Gasteiger partial charge in [0.1, 0.15) is 12.4 Å². The van der Waals surface area contributed by atoms with Crippen molar-refractivity contribution in [3.05, 3.63) is 35.1 Å². The molecule has 0 radical (unpaired) electrons. The van der Waals surface area contributed by atoms with Gasteiger partial charge in [-0.2, -0.15) is 0 Å². The molecule has 0 aliphatic rings. The summed E-state index contributed by atoms with van der Waals surface area (Å²) in [5, 5.41) is 11.4. The third-order valence-electron chi connectivity index (χ3n) is 2.92. The second kappa shape index (κ2) is 8.40. The standard InChI is InChI=1S/C16H21FN2O2/c1-12(8-9-19(2)3)18-16(21)14-7-6-13(5-4-10-20)15(17)11-14/h6-7,11-12,20H,8-10H2,1-3H3,(H,18,21). The lowest BCUT2D eigenvalue weighted by Gasteiger charge is -2.16. The van der Waals surface area contributed by atoms with Crippen molar-refractivity contribution < 1.29 is 14.3 Å². The van der Waals surface area contributed by atoms with Crippen LogP contribution < -0.4 is 5.32 Å². The van der Waals surface area contributed by atoms with Crippen LogP contribution in [0.4, 0.5) is 4.39 Å². The molecule has 0 heterocycles. The minimum Gasteiger partial charge on any atom is -0.384 e. The first-order valence-electron chi connectivity index (χ1n) is 6.79. The van der Waals surface area contributed by atoms with Crippen LogP contribution in [-0.4, -0.2) is 49.2 Å². The highest BCUT2D eigenvalue weighted by atomic mass is 19.1. The van der Waals surface area contributed by atoms with Gasteiger partial charge in [0, 0.05) is 11.6 Å². The zero-order valence-electron chi connectivity index (χ0n) is 12.6. The Bertz CT molecular complexity index is 547. The third-order valence-corrected chi connectivity index (χ3v) is 2.92. The van der Waals surface area contributed by atoms with E-state index in [4.69, 9.17) is 5.11 Å². The summed E-state index contributed by atoms with van der Waals surface area (Å²) in [6, 6.07) is 4.14. The van der Waals surface area contributed by atoms with Gasteiger partial charge in [0.2, 0.25) is 0 Å². The number of halogens is 1. The summed E-state index contributed by atoms with van der Waals surface area (Å²) in [5.41, 5.74) is 0.431. The van der Waals surface area contributed by atoms with Gasteiger partial charge >= 0.3 is 0 Å². The first kappa shape index (κ1) is 17.2. The van der Waals surface area contributed by atoms with E-state index in [0.29, 0.717) is 0 Å². The minimum atomic E-state index is -0.565. The fourth-order valence-corrected chi connectivity index (χ4v) is 1.72. The van der Waals surface area contributed by atoms with E-state index in [1.807, 2.05) is 25.9 Å². The zero-order valence-corrected chi connectivity index (χ0v) is 12.6. The molecular weight excluding hydrogens is 271 g/mol. The van der Waals surface area contributed by atoms with Gasteiger partial charge in [-0.3, -0.25) is 4.79 Å². The number of amides is 1. The molecule has 1 atom stereocenters. The Morgan fingerprint density at radius 2 is 2.19 bits per heavy atom. The van der Waals surface area contributed by atoms with Gasteiger partial charge < -0.3 is 15.3 Å². The predicted octanol–water partition coefficient (Wildman–Crippen LogP) is 1.24. The quantitative estimate of drug-likeness (QED) is 0.803. The molecule has 5 heteroatoms. The van der Waals surface area contributed by atoms with Crippen LogP contribution in [-0.2, 0) is 0 Å². The van der Waals surface area contributed by atoms with E-state index >= 15 is 0 Å². The predicted molar refractivity (Wildman–Crippen MR) is 80.5 cm³/mol. The maximum absolute atomic E-state index is 13.8. The van der Waals surface area contributed by atoms with Crippen LogP contribution in [0.5, 0.6) is 0 Å². The van der Waals surface area contributed by atoms with Gasteiger partial charge in [-0.05, 0) is 52.2 Å². The Labute approximate surface area is 125 Å². The highest BCUT2D eigenvalue weighted by molar-refractivity contribution is 5.94. The van der Waals surface area contributed by atoms with Crippen LogP contribution in [0.3, 0.4) is 0 Å². The number of nitrogens with zero attached hydrogens (tertiary/aromatic N) is 1. The molecule has 4 nitrogen and oxygen atoms in total. The average Bonchev–Trinajstić information content (AvgIpc) is 2.43. The number of nitrogens with one attached hydrogen (secondary N) is 1. The Hall–Kier alpha value is -1.90. The molecule has 1 aromatic rings. The number of hydrogen-bond donors (Lipinski definition) is 2. The number of carbonyl (C=O) groups is 1. The van der Waals surface area contributed by atoms with Gasteiger partial charge in [0.15, 0.2) is 0 Å². The summed E-state index contributed by atoms with van der Waals surface area (Å²) < 4.78 is 13.8. The monoisotopic (exact) mass is 292 g/mol. The van der Waals surface area contributed by atoms with Gasteiger partial charge in [0.05, 0.1) is 5.56 Å². The maximum atomic E-state index is 13.8. The van der Waals surface area contributed by atoms with E-state index in [1.165, 1.54) is 12.1 Å². The van der Waals surface area contributed by atoms with Crippen molar-refractivity contribution >= 4 is 5.91 Å². The van der Waals surface area contributed by atoms with Crippen LogP contribution in [0.25, 0.3) is 0 Å². The molecule has 2 N–H and O–H groups in total. The van der Waals surface area contributed by atoms with Crippen LogP contribution in [0.1, 0.15) is 29.3 Å². The molecule has 1 rings (SSSR count). The summed E-state index contributed by atoms with van der Waals surface area (Å²) in [4.78, 5) is 14.0. The average molecular weight is 292 g/mol. The van der Waals surface area contributed by atoms with E-state index in [2.05, 4.69) is 17.2 Å². The maximum Gasteiger partial charge on any atom is 0.251 e. The number of carbonyl (C=O) groups excluding carboxylic acids is 1. The topological polar surface area (TPSA) is 52.6 Å². The molecule has 0 saturated heterocycles. The van der Waals surface area contributed by atoms with E-state index in [1.54, 1.807) is 0 Å². The summed E-state index contributed by atoms with van der Waals surface area (Å²) in [6.07, 6.45) is 0.821. The fourth-order valence-electron chi connectivity index (χ4n) is 1.72. The minimum absolute atomic E-state index is 0.0109. The van der Waals surface area contributed by atoms with Crippen molar-refractivity contribution in [1.82, 2.24) is 10.2 Å². The molecule has 0 spiro atoms. The normalized spacial score (nSPS) is 11.7. The molecule has 0 fully saturated rings. The van der Waals surface area contributed by atoms with Crippen molar-refractivity contribution in [2.24, 2.45) is 0 Å². The van der Waals surface area contributed by atoms with Crippen LogP contribution in [0.15, 0.2) is 18.2 Å². The van der Waals surface area contributed by atoms with E-state index in [0.717, 1.165) is 19.0 Å². The molecule has 0 bridgehead atoms. The van der Waals surface area contributed by atoms with E-state index in [-0.39, 0.29) is 29.7 Å². The van der Waals surface area contributed by atoms with Gasteiger partial charge in [0.25, 0.3) is 5.91 Å². The highest BCUT2D eigenvalue weighted by Crippen LogP contribution is 2.10. The van der Waals surface area contributed by atoms with Crippen molar-refractivity contribution in [2.75, 3.05) is 27.2 Å². The molecular formula is C16H21FN2O2. The van der Waals surface area contributed by atoms with Crippen molar-refractivity contribution in [2.45, 2.75) is 19.4 Å².